The smallest absolute Gasteiger partial charge is 0.270 e. The summed E-state index contributed by atoms with van der Waals surface area (Å²) in [5.41, 5.74) is 1.66. The molecule has 0 spiro atoms. The van der Waals surface area contributed by atoms with Crippen molar-refractivity contribution in [2.45, 2.75) is 31.7 Å². The quantitative estimate of drug-likeness (QED) is 0.747. The number of hydrogen-bond donors (Lipinski definition) is 0. The third-order valence-corrected chi connectivity index (χ3v) is 6.39. The number of ether oxygens (including phenoxy) is 1. The minimum absolute atomic E-state index is 0.00768. The first-order valence-electron chi connectivity index (χ1n) is 10.8. The number of anilines is 1. The van der Waals surface area contributed by atoms with E-state index < -0.39 is 0 Å². The standard InChI is InChI=1S/C22H31N5O3/c1-24-21(28)10-9-18(23-24)22(29)27-11-5-6-17(16-27)25-12-14-26(15-13-25)19-7-3-4-8-20(19)30-2/h3-4,7-8,17H,5-6,9-16H2,1-2H3/t17-/m0/s1. The normalized spacial score (nSPS) is 23.4. The topological polar surface area (TPSA) is 68.7 Å². The Kier molecular flexibility index (Phi) is 6.22. The van der Waals surface area contributed by atoms with E-state index in [1.165, 1.54) is 5.01 Å². The highest BCUT2D eigenvalue weighted by Crippen LogP contribution is 2.29. The van der Waals surface area contributed by atoms with Gasteiger partial charge in [-0.05, 0) is 25.0 Å². The number of nitrogens with zero attached hydrogens (tertiary/aromatic N) is 5. The second kappa shape index (κ2) is 9.04. The molecule has 0 saturated carbocycles. The number of piperazine rings is 1. The van der Waals surface area contributed by atoms with Crippen molar-refractivity contribution in [1.29, 1.82) is 0 Å². The van der Waals surface area contributed by atoms with Crippen molar-refractivity contribution in [3.05, 3.63) is 24.3 Å². The Morgan fingerprint density at radius 3 is 2.60 bits per heavy atom. The van der Waals surface area contributed by atoms with E-state index in [4.69, 9.17) is 4.74 Å². The van der Waals surface area contributed by atoms with Gasteiger partial charge in [0.15, 0.2) is 0 Å². The maximum Gasteiger partial charge on any atom is 0.270 e. The van der Waals surface area contributed by atoms with Crippen LogP contribution in [0.2, 0.25) is 0 Å². The van der Waals surface area contributed by atoms with Gasteiger partial charge in [0, 0.05) is 65.2 Å². The molecule has 1 aromatic rings. The van der Waals surface area contributed by atoms with Crippen LogP contribution in [0, 0.1) is 0 Å². The fourth-order valence-corrected chi connectivity index (χ4v) is 4.66. The number of likely N-dealkylation sites (tertiary alicyclic amines) is 1. The number of benzene rings is 1. The second-order valence-corrected chi connectivity index (χ2v) is 8.21. The maximum absolute atomic E-state index is 13.0. The molecular formula is C22H31N5O3. The SMILES string of the molecule is COc1ccccc1N1CCN([C@H]2CCCN(C(=O)C3=NN(C)C(=O)CC3)C2)CC1. The number of piperidine rings is 1. The predicted octanol–water partition coefficient (Wildman–Crippen LogP) is 1.42. The van der Waals surface area contributed by atoms with Crippen molar-refractivity contribution in [2.24, 2.45) is 5.10 Å². The van der Waals surface area contributed by atoms with Crippen molar-refractivity contribution in [3.63, 3.8) is 0 Å². The van der Waals surface area contributed by atoms with Crippen LogP contribution in [0.5, 0.6) is 5.75 Å². The van der Waals surface area contributed by atoms with Crippen LogP contribution in [0.4, 0.5) is 5.69 Å². The number of hydrogen-bond acceptors (Lipinski definition) is 6. The fraction of sp³-hybridized carbons (Fsp3) is 0.591. The molecule has 1 atom stereocenters. The Labute approximate surface area is 178 Å². The van der Waals surface area contributed by atoms with E-state index in [0.717, 1.165) is 63.5 Å². The third-order valence-electron chi connectivity index (χ3n) is 6.39. The van der Waals surface area contributed by atoms with Crippen LogP contribution < -0.4 is 9.64 Å². The zero-order valence-electron chi connectivity index (χ0n) is 17.9. The Morgan fingerprint density at radius 2 is 1.87 bits per heavy atom. The van der Waals surface area contributed by atoms with Crippen molar-refractivity contribution in [1.82, 2.24) is 14.8 Å². The summed E-state index contributed by atoms with van der Waals surface area (Å²) in [5, 5.41) is 5.51. The molecule has 0 aromatic heterocycles. The second-order valence-electron chi connectivity index (χ2n) is 8.21. The fourth-order valence-electron chi connectivity index (χ4n) is 4.66. The average molecular weight is 414 g/mol. The van der Waals surface area contributed by atoms with Crippen molar-refractivity contribution >= 4 is 23.2 Å². The highest BCUT2D eigenvalue weighted by atomic mass is 16.5. The van der Waals surface area contributed by atoms with Crippen LogP contribution in [0.3, 0.4) is 0 Å². The molecule has 0 radical (unpaired) electrons. The molecule has 0 N–H and O–H groups in total. The summed E-state index contributed by atoms with van der Waals surface area (Å²) in [6, 6.07) is 8.55. The molecule has 0 aliphatic carbocycles. The van der Waals surface area contributed by atoms with Crippen LogP contribution in [0.1, 0.15) is 25.7 Å². The van der Waals surface area contributed by atoms with Crippen LogP contribution in [-0.2, 0) is 9.59 Å². The zero-order chi connectivity index (χ0) is 21.1. The summed E-state index contributed by atoms with van der Waals surface area (Å²) in [6.07, 6.45) is 2.93. The van der Waals surface area contributed by atoms with E-state index in [-0.39, 0.29) is 11.8 Å². The van der Waals surface area contributed by atoms with Gasteiger partial charge in [-0.25, -0.2) is 5.01 Å². The monoisotopic (exact) mass is 413 g/mol. The largest absolute Gasteiger partial charge is 0.495 e. The van der Waals surface area contributed by atoms with Gasteiger partial charge in [-0.2, -0.15) is 5.10 Å². The van der Waals surface area contributed by atoms with Crippen LogP contribution in [-0.4, -0.2) is 91.8 Å². The molecule has 3 aliphatic heterocycles. The summed E-state index contributed by atoms with van der Waals surface area (Å²) in [5.74, 6) is 0.875. The van der Waals surface area contributed by atoms with E-state index >= 15 is 0 Å². The first kappa shape index (κ1) is 20.7. The number of amides is 2. The van der Waals surface area contributed by atoms with Gasteiger partial charge in [-0.15, -0.1) is 0 Å². The first-order chi connectivity index (χ1) is 14.6. The van der Waals surface area contributed by atoms with Crippen molar-refractivity contribution < 1.29 is 14.3 Å². The van der Waals surface area contributed by atoms with Gasteiger partial charge in [0.25, 0.3) is 5.91 Å². The summed E-state index contributed by atoms with van der Waals surface area (Å²) < 4.78 is 5.52. The number of rotatable bonds is 4. The molecule has 2 fully saturated rings. The summed E-state index contributed by atoms with van der Waals surface area (Å²) in [4.78, 5) is 31.4. The Bertz CT molecular complexity index is 819. The Morgan fingerprint density at radius 1 is 1.10 bits per heavy atom. The number of carbonyl (C=O) groups is 2. The molecule has 3 aliphatic rings. The minimum Gasteiger partial charge on any atom is -0.495 e. The highest BCUT2D eigenvalue weighted by molar-refractivity contribution is 6.39. The van der Waals surface area contributed by atoms with E-state index in [1.807, 2.05) is 23.1 Å². The number of hydrazone groups is 1. The van der Waals surface area contributed by atoms with E-state index in [9.17, 15) is 9.59 Å². The molecule has 8 heteroatoms. The van der Waals surface area contributed by atoms with Crippen molar-refractivity contribution in [3.8, 4) is 5.75 Å². The Balaban J connectivity index is 1.35. The highest BCUT2D eigenvalue weighted by Gasteiger charge is 2.33. The van der Waals surface area contributed by atoms with E-state index in [2.05, 4.69) is 21.0 Å². The molecular weight excluding hydrogens is 382 g/mol. The van der Waals surface area contributed by atoms with E-state index in [1.54, 1.807) is 14.2 Å². The van der Waals surface area contributed by atoms with Crippen LogP contribution in [0.25, 0.3) is 0 Å². The molecule has 3 heterocycles. The lowest BCUT2D eigenvalue weighted by molar-refractivity contribution is -0.131. The van der Waals surface area contributed by atoms with Gasteiger partial charge in [0.1, 0.15) is 11.5 Å². The zero-order valence-corrected chi connectivity index (χ0v) is 17.9. The van der Waals surface area contributed by atoms with Gasteiger partial charge in [-0.3, -0.25) is 14.5 Å². The van der Waals surface area contributed by atoms with Gasteiger partial charge in [-0.1, -0.05) is 12.1 Å². The predicted molar refractivity (Wildman–Crippen MR) is 116 cm³/mol. The number of carbonyl (C=O) groups excluding carboxylic acids is 2. The lowest BCUT2D eigenvalue weighted by Crippen LogP contribution is -2.56. The summed E-state index contributed by atoms with van der Waals surface area (Å²) in [7, 11) is 3.34. The Hall–Kier alpha value is -2.61. The lowest BCUT2D eigenvalue weighted by atomic mass is 10.0. The molecule has 30 heavy (non-hydrogen) atoms. The van der Waals surface area contributed by atoms with Gasteiger partial charge < -0.3 is 14.5 Å². The lowest BCUT2D eigenvalue weighted by Gasteiger charge is -2.44. The third kappa shape index (κ3) is 4.28. The average Bonchev–Trinajstić information content (AvgIpc) is 2.80. The molecule has 0 bridgehead atoms. The van der Waals surface area contributed by atoms with Gasteiger partial charge >= 0.3 is 0 Å². The minimum atomic E-state index is -0.0315. The van der Waals surface area contributed by atoms with E-state index in [0.29, 0.717) is 24.6 Å². The van der Waals surface area contributed by atoms with Crippen molar-refractivity contribution in [2.75, 3.05) is 58.3 Å². The van der Waals surface area contributed by atoms with Crippen LogP contribution in [0.15, 0.2) is 29.4 Å². The molecule has 2 saturated heterocycles. The summed E-state index contributed by atoms with van der Waals surface area (Å²) in [6.45, 7) is 5.36. The number of methoxy groups -OCH3 is 1. The first-order valence-corrected chi connectivity index (χ1v) is 10.8. The summed E-state index contributed by atoms with van der Waals surface area (Å²) >= 11 is 0. The molecule has 1 aromatic carbocycles. The maximum atomic E-state index is 13.0. The van der Waals surface area contributed by atoms with Gasteiger partial charge in [0.05, 0.1) is 12.8 Å². The molecule has 2 amide bonds. The molecule has 0 unspecified atom stereocenters. The van der Waals surface area contributed by atoms with Crippen LogP contribution >= 0.6 is 0 Å². The van der Waals surface area contributed by atoms with Gasteiger partial charge in [0.2, 0.25) is 5.91 Å². The molecule has 162 valence electrons. The molecule has 8 nitrogen and oxygen atoms in total. The number of para-hydroxylation sites is 2. The molecule has 4 rings (SSSR count).